The van der Waals surface area contributed by atoms with Crippen LogP contribution in [0.25, 0.3) is 0 Å². The molecule has 9 heteroatoms. The fourth-order valence-corrected chi connectivity index (χ4v) is 1.91. The van der Waals surface area contributed by atoms with Gasteiger partial charge in [0.2, 0.25) is 5.15 Å². The Bertz CT molecular complexity index is 564. The molecule has 0 fully saturated rings. The van der Waals surface area contributed by atoms with Crippen LogP contribution < -0.4 is 5.32 Å². The molecule has 0 aliphatic carbocycles. The topological polar surface area (TPSA) is 122 Å². The number of carboxylic acid groups (broad SMARTS) is 1. The molecule has 0 radical (unpaired) electrons. The maximum Gasteiger partial charge on any atom is 0.326 e. The lowest BCUT2D eigenvalue weighted by Crippen LogP contribution is -2.41. The van der Waals surface area contributed by atoms with Crippen LogP contribution in [0.3, 0.4) is 0 Å². The summed E-state index contributed by atoms with van der Waals surface area (Å²) in [5, 5.41) is 21.8. The van der Waals surface area contributed by atoms with Gasteiger partial charge in [0.05, 0.1) is 4.92 Å². The third-order valence-electron chi connectivity index (χ3n) is 2.76. The lowest BCUT2D eigenvalue weighted by Gasteiger charge is -2.14. The Labute approximate surface area is 125 Å². The molecule has 0 bridgehead atoms. The molecule has 0 aromatic carbocycles. The normalized spacial score (nSPS) is 11.7. The van der Waals surface area contributed by atoms with E-state index in [0.29, 0.717) is 6.42 Å². The van der Waals surface area contributed by atoms with E-state index in [-0.39, 0.29) is 12.0 Å². The zero-order valence-electron chi connectivity index (χ0n) is 11.2. The van der Waals surface area contributed by atoms with E-state index in [1.165, 1.54) is 0 Å². The molecular weight excluding hydrogens is 302 g/mol. The van der Waals surface area contributed by atoms with Crippen LogP contribution in [0.15, 0.2) is 12.3 Å². The number of nitro groups is 1. The van der Waals surface area contributed by atoms with Crippen molar-refractivity contribution in [3.05, 3.63) is 33.1 Å². The number of aromatic nitrogens is 1. The van der Waals surface area contributed by atoms with E-state index >= 15 is 0 Å². The number of unbranched alkanes of at least 4 members (excludes halogenated alkanes) is 1. The minimum atomic E-state index is -1.19. The van der Waals surface area contributed by atoms with Gasteiger partial charge in [-0.05, 0) is 12.5 Å². The van der Waals surface area contributed by atoms with E-state index in [2.05, 4.69) is 10.3 Å². The Kier molecular flexibility index (Phi) is 6.04. The molecule has 1 aromatic heterocycles. The monoisotopic (exact) mass is 315 g/mol. The predicted octanol–water partition coefficient (Wildman–Crippen LogP) is 2.02. The smallest absolute Gasteiger partial charge is 0.326 e. The van der Waals surface area contributed by atoms with Crippen LogP contribution in [-0.4, -0.2) is 32.9 Å². The van der Waals surface area contributed by atoms with Crippen molar-refractivity contribution in [3.63, 3.8) is 0 Å². The van der Waals surface area contributed by atoms with Gasteiger partial charge in [0.25, 0.3) is 5.91 Å². The van der Waals surface area contributed by atoms with E-state index in [1.807, 2.05) is 6.92 Å². The van der Waals surface area contributed by atoms with Crippen LogP contribution in [0.1, 0.15) is 36.5 Å². The number of hydrogen-bond donors (Lipinski definition) is 2. The Balaban J connectivity index is 3.00. The van der Waals surface area contributed by atoms with Gasteiger partial charge >= 0.3 is 11.7 Å². The molecule has 8 nitrogen and oxygen atoms in total. The maximum atomic E-state index is 12.0. The van der Waals surface area contributed by atoms with Crippen molar-refractivity contribution in [2.75, 3.05) is 0 Å². The third kappa shape index (κ3) is 4.38. The average Bonchev–Trinajstić information content (AvgIpc) is 2.42. The number of halogens is 1. The van der Waals surface area contributed by atoms with Gasteiger partial charge in [0.15, 0.2) is 0 Å². The van der Waals surface area contributed by atoms with Gasteiger partial charge in [-0.1, -0.05) is 31.4 Å². The number of hydrogen-bond acceptors (Lipinski definition) is 5. The minimum absolute atomic E-state index is 0.240. The molecule has 0 saturated carbocycles. The summed E-state index contributed by atoms with van der Waals surface area (Å²) >= 11 is 5.60. The molecule has 1 amide bonds. The van der Waals surface area contributed by atoms with Gasteiger partial charge < -0.3 is 10.4 Å². The lowest BCUT2D eigenvalue weighted by atomic mass is 10.1. The summed E-state index contributed by atoms with van der Waals surface area (Å²) in [6, 6.07) is 0.0157. The predicted molar refractivity (Wildman–Crippen MR) is 74.3 cm³/mol. The molecule has 21 heavy (non-hydrogen) atoms. The first-order valence-corrected chi connectivity index (χ1v) is 6.58. The van der Waals surface area contributed by atoms with Crippen molar-refractivity contribution >= 4 is 29.2 Å². The molecule has 1 aromatic rings. The highest BCUT2D eigenvalue weighted by molar-refractivity contribution is 6.32. The van der Waals surface area contributed by atoms with Crippen molar-refractivity contribution in [2.24, 2.45) is 0 Å². The molecular formula is C12H14ClN3O5. The fourth-order valence-electron chi connectivity index (χ4n) is 1.69. The van der Waals surface area contributed by atoms with E-state index < -0.39 is 33.7 Å². The summed E-state index contributed by atoms with van der Waals surface area (Å²) in [6.45, 7) is 1.88. The zero-order chi connectivity index (χ0) is 16.0. The Morgan fingerprint density at radius 3 is 2.76 bits per heavy atom. The number of carbonyl (C=O) groups excluding carboxylic acids is 1. The van der Waals surface area contributed by atoms with Crippen LogP contribution in [0.5, 0.6) is 0 Å². The first kappa shape index (κ1) is 16.8. The molecule has 0 aliphatic rings. The van der Waals surface area contributed by atoms with Crippen LogP contribution in [0.4, 0.5) is 5.69 Å². The summed E-state index contributed by atoms with van der Waals surface area (Å²) in [5.41, 5.74) is -0.959. The lowest BCUT2D eigenvalue weighted by molar-refractivity contribution is -0.385. The highest BCUT2D eigenvalue weighted by Gasteiger charge is 2.27. The number of nitrogens with zero attached hydrogens (tertiary/aromatic N) is 2. The summed E-state index contributed by atoms with van der Waals surface area (Å²) < 4.78 is 0. The number of nitrogens with one attached hydrogen (secondary N) is 1. The molecule has 114 valence electrons. The largest absolute Gasteiger partial charge is 0.480 e. The molecule has 1 atom stereocenters. The molecule has 0 saturated heterocycles. The SMILES string of the molecule is CCCCC(NC(=O)c1ccnc(Cl)c1[N+](=O)[O-])C(=O)O. The van der Waals surface area contributed by atoms with Crippen molar-refractivity contribution in [3.8, 4) is 0 Å². The summed E-state index contributed by atoms with van der Waals surface area (Å²) in [5.74, 6) is -2.06. The van der Waals surface area contributed by atoms with E-state index in [9.17, 15) is 19.7 Å². The Morgan fingerprint density at radius 1 is 1.57 bits per heavy atom. The Morgan fingerprint density at radius 2 is 2.24 bits per heavy atom. The highest BCUT2D eigenvalue weighted by atomic mass is 35.5. The van der Waals surface area contributed by atoms with E-state index in [1.54, 1.807) is 0 Å². The van der Waals surface area contributed by atoms with Gasteiger partial charge in [0.1, 0.15) is 11.6 Å². The number of pyridine rings is 1. The maximum absolute atomic E-state index is 12.0. The van der Waals surface area contributed by atoms with Crippen LogP contribution >= 0.6 is 11.6 Å². The van der Waals surface area contributed by atoms with Crippen LogP contribution in [0.2, 0.25) is 5.15 Å². The average molecular weight is 316 g/mol. The van der Waals surface area contributed by atoms with Gasteiger partial charge in [0, 0.05) is 6.20 Å². The number of amides is 1. The minimum Gasteiger partial charge on any atom is -0.480 e. The van der Waals surface area contributed by atoms with Gasteiger partial charge in [-0.25, -0.2) is 9.78 Å². The van der Waals surface area contributed by atoms with Crippen molar-refractivity contribution < 1.29 is 19.6 Å². The second kappa shape index (κ2) is 7.53. The quantitative estimate of drug-likeness (QED) is 0.451. The van der Waals surface area contributed by atoms with Gasteiger partial charge in [-0.3, -0.25) is 14.9 Å². The molecule has 1 unspecified atom stereocenters. The molecule has 0 aliphatic heterocycles. The Hall–Kier alpha value is -2.22. The molecule has 0 spiro atoms. The molecule has 1 rings (SSSR count). The molecule has 1 heterocycles. The number of carboxylic acids is 1. The zero-order valence-corrected chi connectivity index (χ0v) is 12.0. The van der Waals surface area contributed by atoms with Crippen LogP contribution in [-0.2, 0) is 4.79 Å². The second-order valence-corrected chi connectivity index (χ2v) is 4.62. The van der Waals surface area contributed by atoms with Gasteiger partial charge in [-0.2, -0.15) is 0 Å². The highest BCUT2D eigenvalue weighted by Crippen LogP contribution is 2.25. The standard InChI is InChI=1S/C12H14ClN3O5/c1-2-3-4-8(12(18)19)15-11(17)7-5-6-14-10(13)9(7)16(20)21/h5-6,8H,2-4H2,1H3,(H,15,17)(H,18,19). The van der Waals surface area contributed by atoms with Crippen molar-refractivity contribution in [1.29, 1.82) is 0 Å². The summed E-state index contributed by atoms with van der Waals surface area (Å²) in [7, 11) is 0. The third-order valence-corrected chi connectivity index (χ3v) is 3.03. The number of carbonyl (C=O) groups is 2. The summed E-state index contributed by atoms with van der Waals surface area (Å²) in [6.07, 6.45) is 2.76. The first-order chi connectivity index (χ1) is 9.88. The fraction of sp³-hybridized carbons (Fsp3) is 0.417. The van der Waals surface area contributed by atoms with E-state index in [4.69, 9.17) is 16.7 Å². The van der Waals surface area contributed by atoms with Gasteiger partial charge in [-0.15, -0.1) is 0 Å². The summed E-state index contributed by atoms with van der Waals surface area (Å²) in [4.78, 5) is 36.7. The van der Waals surface area contributed by atoms with Crippen molar-refractivity contribution in [2.45, 2.75) is 32.2 Å². The molecule has 2 N–H and O–H groups in total. The number of rotatable bonds is 7. The number of aliphatic carboxylic acids is 1. The second-order valence-electron chi connectivity index (χ2n) is 4.26. The van der Waals surface area contributed by atoms with E-state index in [0.717, 1.165) is 18.7 Å². The van der Waals surface area contributed by atoms with Crippen molar-refractivity contribution in [1.82, 2.24) is 10.3 Å². The first-order valence-electron chi connectivity index (χ1n) is 6.21. The van der Waals surface area contributed by atoms with Crippen LogP contribution in [0, 0.1) is 10.1 Å².